The van der Waals surface area contributed by atoms with Gasteiger partial charge in [-0.1, -0.05) is 0 Å². The molecule has 0 spiro atoms. The molecular formula is C14H21N5O. The highest BCUT2D eigenvalue weighted by molar-refractivity contribution is 6.09. The lowest BCUT2D eigenvalue weighted by atomic mass is 9.84. The summed E-state index contributed by atoms with van der Waals surface area (Å²) in [5.74, 6) is 1.48. The van der Waals surface area contributed by atoms with Gasteiger partial charge in [0.15, 0.2) is 1.41 Å². The minimum Gasteiger partial charge on any atom is -0.353 e. The van der Waals surface area contributed by atoms with Crippen LogP contribution < -0.4 is 15.9 Å². The van der Waals surface area contributed by atoms with Crippen LogP contribution >= 0.6 is 0 Å². The fraction of sp³-hybridized carbons (Fsp3) is 0.714. The maximum Gasteiger partial charge on any atom is 0.235 e. The Bertz CT molecular complexity index is 558. The Labute approximate surface area is 120 Å². The van der Waals surface area contributed by atoms with E-state index < -0.39 is 5.41 Å². The van der Waals surface area contributed by atoms with Crippen LogP contribution in [-0.4, -0.2) is 48.5 Å². The summed E-state index contributed by atoms with van der Waals surface area (Å²) in [6, 6.07) is 1.05. The molecule has 2 bridgehead atoms. The van der Waals surface area contributed by atoms with Gasteiger partial charge in [0.05, 0.1) is 5.41 Å². The van der Waals surface area contributed by atoms with E-state index in [1.54, 1.807) is 0 Å². The van der Waals surface area contributed by atoms with Crippen molar-refractivity contribution in [1.82, 2.24) is 20.8 Å². The topological polar surface area (TPSA) is 68.8 Å². The number of nitrogens with one attached hydrogen (secondary N) is 3. The zero-order chi connectivity index (χ0) is 14.8. The molecule has 0 saturated carbocycles. The number of rotatable bonds is 0. The van der Waals surface area contributed by atoms with Crippen molar-refractivity contribution < 1.29 is 6.21 Å². The molecule has 0 radical (unpaired) electrons. The van der Waals surface area contributed by atoms with Crippen molar-refractivity contribution in [3.63, 3.8) is 0 Å². The number of fused-ring (bicyclic) bond motifs is 2. The summed E-state index contributed by atoms with van der Waals surface area (Å²) >= 11 is 0. The molecular weight excluding hydrogens is 254 g/mol. The predicted octanol–water partition coefficient (Wildman–Crippen LogP) is -0.251. The molecule has 0 aromatic carbocycles. The first-order chi connectivity index (χ1) is 9.96. The highest BCUT2D eigenvalue weighted by Crippen LogP contribution is 2.37. The van der Waals surface area contributed by atoms with Gasteiger partial charge in [0.2, 0.25) is 5.91 Å². The fourth-order valence-electron chi connectivity index (χ4n) is 3.72. The van der Waals surface area contributed by atoms with E-state index in [-0.39, 0.29) is 12.6 Å². The van der Waals surface area contributed by atoms with Crippen molar-refractivity contribution >= 4 is 11.7 Å². The molecule has 4 aliphatic heterocycles. The lowest BCUT2D eigenvalue weighted by Gasteiger charge is -2.38. The Hall–Kier alpha value is -1.56. The second-order valence-corrected chi connectivity index (χ2v) is 6.63. The third-order valence-electron chi connectivity index (χ3n) is 4.85. The molecule has 108 valence electrons. The average Bonchev–Trinajstić information content (AvgIpc) is 2.90. The van der Waals surface area contributed by atoms with Gasteiger partial charge in [0.25, 0.3) is 0 Å². The van der Waals surface area contributed by atoms with Crippen LogP contribution in [-0.2, 0) is 4.79 Å². The largest absolute Gasteiger partial charge is 0.353 e. The van der Waals surface area contributed by atoms with Gasteiger partial charge in [-0.3, -0.25) is 4.79 Å². The van der Waals surface area contributed by atoms with Crippen LogP contribution in [0.1, 0.15) is 26.7 Å². The van der Waals surface area contributed by atoms with Gasteiger partial charge in [-0.25, -0.2) is 4.99 Å². The van der Waals surface area contributed by atoms with E-state index in [1.807, 2.05) is 13.8 Å². The molecule has 0 aromatic rings. The summed E-state index contributed by atoms with van der Waals surface area (Å²) in [4.78, 5) is 19.1. The molecule has 6 nitrogen and oxygen atoms in total. The van der Waals surface area contributed by atoms with E-state index in [4.69, 9.17) is 1.41 Å². The van der Waals surface area contributed by atoms with E-state index in [9.17, 15) is 4.79 Å². The van der Waals surface area contributed by atoms with Gasteiger partial charge in [-0.05, 0) is 26.7 Å². The zero-order valence-corrected chi connectivity index (χ0v) is 11.9. The van der Waals surface area contributed by atoms with Gasteiger partial charge >= 0.3 is 0 Å². The van der Waals surface area contributed by atoms with Crippen LogP contribution in [0.2, 0.25) is 1.41 Å². The predicted molar refractivity (Wildman–Crippen MR) is 75.9 cm³/mol. The van der Waals surface area contributed by atoms with Crippen LogP contribution in [0.4, 0.5) is 0 Å². The molecule has 2 fully saturated rings. The summed E-state index contributed by atoms with van der Waals surface area (Å²) in [6.45, 7) is 5.98. The SMILES string of the molecule is [2H]N1CN=C(N2C[C@H]3CC[C@@H](C2)N3)C2=C1NC(=O)C2(C)C. The number of hydrogen-bond acceptors (Lipinski definition) is 5. The number of aliphatic imine (C=N–C) groups is 1. The first-order valence-corrected chi connectivity index (χ1v) is 7.35. The highest BCUT2D eigenvalue weighted by Gasteiger charge is 2.47. The summed E-state index contributed by atoms with van der Waals surface area (Å²) in [5.41, 5.74) is 0.257. The van der Waals surface area contributed by atoms with Crippen LogP contribution in [0.25, 0.3) is 0 Å². The fourth-order valence-corrected chi connectivity index (χ4v) is 3.72. The van der Waals surface area contributed by atoms with E-state index in [2.05, 4.69) is 20.5 Å². The van der Waals surface area contributed by atoms with Gasteiger partial charge < -0.3 is 20.8 Å². The lowest BCUT2D eigenvalue weighted by Crippen LogP contribution is -2.55. The van der Waals surface area contributed by atoms with E-state index in [0.29, 0.717) is 17.9 Å². The summed E-state index contributed by atoms with van der Waals surface area (Å²) < 4.78 is 7.98. The minimum absolute atomic E-state index is 0.0440. The number of carbonyl (C=O) groups is 1. The molecule has 4 heterocycles. The van der Waals surface area contributed by atoms with Crippen molar-refractivity contribution in [2.45, 2.75) is 38.8 Å². The van der Waals surface area contributed by atoms with Crippen LogP contribution in [0.15, 0.2) is 16.4 Å². The number of piperazine rings is 1. The Morgan fingerprint density at radius 1 is 1.35 bits per heavy atom. The molecule has 1 amide bonds. The molecule has 6 heteroatoms. The Morgan fingerprint density at radius 2 is 2.05 bits per heavy atom. The van der Waals surface area contributed by atoms with Crippen molar-refractivity contribution in [3.05, 3.63) is 11.4 Å². The number of amidine groups is 1. The zero-order valence-electron chi connectivity index (χ0n) is 12.9. The Kier molecular flexibility index (Phi) is 2.21. The third-order valence-corrected chi connectivity index (χ3v) is 4.85. The quantitative estimate of drug-likeness (QED) is 0.571. The second kappa shape index (κ2) is 3.97. The molecule has 0 aliphatic carbocycles. The number of likely N-dealkylation sites (tertiary alicyclic amines) is 1. The number of nitrogens with zero attached hydrogens (tertiary/aromatic N) is 2. The monoisotopic (exact) mass is 276 g/mol. The van der Waals surface area contributed by atoms with Gasteiger partial charge in [-0.15, -0.1) is 0 Å². The van der Waals surface area contributed by atoms with Gasteiger partial charge in [0.1, 0.15) is 18.3 Å². The van der Waals surface area contributed by atoms with Crippen molar-refractivity contribution in [1.29, 1.82) is 0 Å². The molecule has 0 unspecified atom stereocenters. The second-order valence-electron chi connectivity index (χ2n) is 6.63. The molecule has 2 saturated heterocycles. The van der Waals surface area contributed by atoms with E-state index in [1.165, 1.54) is 18.2 Å². The van der Waals surface area contributed by atoms with Gasteiger partial charge in [0, 0.05) is 30.7 Å². The smallest absolute Gasteiger partial charge is 0.235 e. The van der Waals surface area contributed by atoms with Gasteiger partial charge in [-0.2, -0.15) is 0 Å². The molecule has 4 aliphatic rings. The number of hydrogen-bond donors (Lipinski definition) is 3. The first kappa shape index (κ1) is 11.1. The Balaban J connectivity index is 1.71. The summed E-state index contributed by atoms with van der Waals surface area (Å²) in [5, 5.41) is 7.75. The first-order valence-electron chi connectivity index (χ1n) is 7.80. The van der Waals surface area contributed by atoms with Crippen LogP contribution in [0.5, 0.6) is 0 Å². The standard InChI is InChI=1S/C14H21N5O/c1-14(2)10-11(18-13(14)20)15-7-16-12(10)19-5-8-3-4-9(6-19)17-8/h8-9,15,17H,3-7H2,1-2H3,(H,18,20)/t8-,9+/i/hD. The van der Waals surface area contributed by atoms with Crippen molar-refractivity contribution in [2.75, 3.05) is 19.8 Å². The summed E-state index contributed by atoms with van der Waals surface area (Å²) in [6.07, 6.45) is 2.43. The van der Waals surface area contributed by atoms with E-state index in [0.717, 1.165) is 24.5 Å². The number of carbonyl (C=O) groups excluding carboxylic acids is 1. The van der Waals surface area contributed by atoms with Crippen molar-refractivity contribution in [3.8, 4) is 0 Å². The lowest BCUT2D eigenvalue weighted by molar-refractivity contribution is -0.125. The maximum absolute atomic E-state index is 12.2. The highest BCUT2D eigenvalue weighted by atomic mass is 16.2. The normalized spacial score (nSPS) is 35.8. The molecule has 0 aromatic heterocycles. The molecule has 2 atom stereocenters. The average molecular weight is 276 g/mol. The van der Waals surface area contributed by atoms with E-state index >= 15 is 0 Å². The number of amides is 1. The van der Waals surface area contributed by atoms with Crippen LogP contribution in [0, 0.1) is 5.41 Å². The van der Waals surface area contributed by atoms with Crippen molar-refractivity contribution in [2.24, 2.45) is 10.4 Å². The molecule has 3 N–H and O–H groups in total. The minimum atomic E-state index is -0.627. The summed E-state index contributed by atoms with van der Waals surface area (Å²) in [7, 11) is 0. The Morgan fingerprint density at radius 3 is 2.75 bits per heavy atom. The molecule has 20 heavy (non-hydrogen) atoms. The molecule has 4 rings (SSSR count). The van der Waals surface area contributed by atoms with Crippen LogP contribution in [0.3, 0.4) is 0 Å². The third kappa shape index (κ3) is 1.60. The maximum atomic E-state index is 12.2.